The van der Waals surface area contributed by atoms with Crippen LogP contribution >= 0.6 is 11.3 Å². The molecule has 1 fully saturated rings. The van der Waals surface area contributed by atoms with Gasteiger partial charge in [-0.2, -0.15) is 0 Å². The van der Waals surface area contributed by atoms with Crippen molar-refractivity contribution < 1.29 is 14.3 Å². The summed E-state index contributed by atoms with van der Waals surface area (Å²) in [7, 11) is 2.18. The van der Waals surface area contributed by atoms with Gasteiger partial charge in [0.1, 0.15) is 23.4 Å². The number of nitrogens with one attached hydrogen (secondary N) is 1. The van der Waals surface area contributed by atoms with Crippen LogP contribution in [0.3, 0.4) is 0 Å². The summed E-state index contributed by atoms with van der Waals surface area (Å²) in [4.78, 5) is 27.6. The fraction of sp³-hybridized carbons (Fsp3) is 0.250. The van der Waals surface area contributed by atoms with E-state index in [-0.39, 0.29) is 11.7 Å². The maximum absolute atomic E-state index is 14.4. The number of likely N-dealkylation sites (tertiary alicyclic amines) is 1. The number of hydrogen-bond donors (Lipinski definition) is 2. The van der Waals surface area contributed by atoms with Gasteiger partial charge in [0.25, 0.3) is 5.91 Å². The van der Waals surface area contributed by atoms with E-state index in [1.807, 2.05) is 24.3 Å². The lowest BCUT2D eigenvalue weighted by Gasteiger charge is -2.29. The second-order valence-electron chi connectivity index (χ2n) is 10.8. The van der Waals surface area contributed by atoms with E-state index < -0.39 is 11.9 Å². The van der Waals surface area contributed by atoms with Crippen LogP contribution in [0.15, 0.2) is 72.8 Å². The van der Waals surface area contributed by atoms with Crippen molar-refractivity contribution in [2.45, 2.75) is 31.3 Å². The zero-order valence-electron chi connectivity index (χ0n) is 22.1. The number of fused-ring (bicyclic) bond motifs is 2. The predicted molar refractivity (Wildman–Crippen MR) is 155 cm³/mol. The van der Waals surface area contributed by atoms with Crippen molar-refractivity contribution in [1.29, 1.82) is 0 Å². The van der Waals surface area contributed by atoms with Gasteiger partial charge in [-0.3, -0.25) is 4.79 Å². The predicted octanol–water partition coefficient (Wildman–Crippen LogP) is 6.69. The first kappa shape index (κ1) is 25.0. The number of thiophene rings is 1. The summed E-state index contributed by atoms with van der Waals surface area (Å²) in [6, 6.07) is 21.5. The van der Waals surface area contributed by atoms with E-state index in [0.29, 0.717) is 28.7 Å². The van der Waals surface area contributed by atoms with Gasteiger partial charge in [-0.15, -0.1) is 11.3 Å². The van der Waals surface area contributed by atoms with Crippen molar-refractivity contribution in [1.82, 2.24) is 19.8 Å². The summed E-state index contributed by atoms with van der Waals surface area (Å²) in [6.45, 7) is 2.60. The Bertz CT molecular complexity index is 1690. The molecule has 2 aliphatic rings. The van der Waals surface area contributed by atoms with Crippen molar-refractivity contribution in [3.05, 3.63) is 106 Å². The van der Waals surface area contributed by atoms with Crippen molar-refractivity contribution in [3.8, 4) is 16.2 Å². The lowest BCUT2D eigenvalue weighted by atomic mass is 9.89. The molecule has 1 atom stereocenters. The number of aromatic amines is 1. The van der Waals surface area contributed by atoms with E-state index in [9.17, 15) is 14.3 Å². The molecule has 3 aromatic carbocycles. The molecular weight excluding hydrogens is 523 g/mol. The third-order valence-corrected chi connectivity index (χ3v) is 9.47. The van der Waals surface area contributed by atoms with E-state index in [0.717, 1.165) is 40.1 Å². The lowest BCUT2D eigenvalue weighted by molar-refractivity contribution is 0.0727. The zero-order chi connectivity index (χ0) is 27.4. The van der Waals surface area contributed by atoms with Gasteiger partial charge in [0.05, 0.1) is 15.9 Å². The average Bonchev–Trinajstić information content (AvgIpc) is 3.66. The van der Waals surface area contributed by atoms with E-state index in [1.54, 1.807) is 4.90 Å². The highest BCUT2D eigenvalue weighted by Crippen LogP contribution is 2.43. The smallest absolute Gasteiger partial charge is 0.265 e. The molecule has 1 saturated heterocycles. The van der Waals surface area contributed by atoms with Gasteiger partial charge in [0.15, 0.2) is 0 Å². The number of aromatic nitrogens is 2. The molecular formula is C32H29FN4O2S. The molecule has 4 heterocycles. The Balaban J connectivity index is 1.19. The highest BCUT2D eigenvalue weighted by Gasteiger charge is 2.39. The first-order valence-electron chi connectivity index (χ1n) is 13.6. The summed E-state index contributed by atoms with van der Waals surface area (Å²) in [5.74, 6) is 0.364. The zero-order valence-corrected chi connectivity index (χ0v) is 22.9. The highest BCUT2D eigenvalue weighted by atomic mass is 32.1. The molecule has 8 heteroatoms. The number of hydrogen-bond acceptors (Lipinski definition) is 5. The number of carbonyl (C=O) groups is 1. The van der Waals surface area contributed by atoms with E-state index in [2.05, 4.69) is 47.3 Å². The van der Waals surface area contributed by atoms with Crippen LogP contribution in [0.1, 0.15) is 57.0 Å². The number of rotatable bonds is 5. The van der Waals surface area contributed by atoms with Gasteiger partial charge in [-0.05, 0) is 92.0 Å². The molecule has 5 aromatic rings. The second-order valence-corrected chi connectivity index (χ2v) is 11.9. The summed E-state index contributed by atoms with van der Waals surface area (Å²) >= 11 is 1.48. The third-order valence-electron chi connectivity index (χ3n) is 8.25. The SMILES string of the molecule is CN1CCC(c2ccc(-c3cc4c(s3)C(=O)N(C(c3nc5ccccc5[nH]3)c3cc(F)ccc3O)C4)cc2)CC1. The largest absolute Gasteiger partial charge is 0.508 e. The number of carbonyl (C=O) groups excluding carboxylic acids is 1. The van der Waals surface area contributed by atoms with Gasteiger partial charge in [-0.1, -0.05) is 36.4 Å². The molecule has 0 saturated carbocycles. The fourth-order valence-corrected chi connectivity index (χ4v) is 7.17. The van der Waals surface area contributed by atoms with Crippen LogP contribution in [0, 0.1) is 5.82 Å². The van der Waals surface area contributed by atoms with Gasteiger partial charge < -0.3 is 19.9 Å². The fourth-order valence-electron chi connectivity index (χ4n) is 6.03. The summed E-state index contributed by atoms with van der Waals surface area (Å²) in [5.41, 5.74) is 5.27. The van der Waals surface area contributed by atoms with Crippen LogP contribution in [-0.4, -0.2) is 50.9 Å². The molecule has 6 nitrogen and oxygen atoms in total. The molecule has 2 N–H and O–H groups in total. The van der Waals surface area contributed by atoms with Crippen molar-refractivity contribution in [3.63, 3.8) is 0 Å². The number of imidazole rings is 1. The Morgan fingerprint density at radius 1 is 1.05 bits per heavy atom. The number of benzene rings is 3. The first-order chi connectivity index (χ1) is 19.4. The average molecular weight is 553 g/mol. The third kappa shape index (κ3) is 4.37. The Labute approximate surface area is 235 Å². The summed E-state index contributed by atoms with van der Waals surface area (Å²) in [6.07, 6.45) is 2.36. The van der Waals surface area contributed by atoms with Crippen LogP contribution in [0.25, 0.3) is 21.5 Å². The van der Waals surface area contributed by atoms with E-state index in [1.165, 1.54) is 47.9 Å². The minimum atomic E-state index is -0.771. The van der Waals surface area contributed by atoms with Gasteiger partial charge >= 0.3 is 0 Å². The number of nitrogens with zero attached hydrogens (tertiary/aromatic N) is 3. The second kappa shape index (κ2) is 9.87. The van der Waals surface area contributed by atoms with Gasteiger partial charge in [-0.25, -0.2) is 9.37 Å². The first-order valence-corrected chi connectivity index (χ1v) is 14.4. The molecule has 0 radical (unpaired) electrons. The number of amides is 1. The number of para-hydroxylation sites is 2. The Kier molecular flexibility index (Phi) is 6.17. The quantitative estimate of drug-likeness (QED) is 0.255. The van der Waals surface area contributed by atoms with Crippen LogP contribution in [-0.2, 0) is 6.54 Å². The number of phenols is 1. The topological polar surface area (TPSA) is 72.5 Å². The lowest BCUT2D eigenvalue weighted by Crippen LogP contribution is -2.31. The van der Waals surface area contributed by atoms with E-state index >= 15 is 0 Å². The monoisotopic (exact) mass is 552 g/mol. The molecule has 40 heavy (non-hydrogen) atoms. The highest BCUT2D eigenvalue weighted by molar-refractivity contribution is 7.17. The molecule has 7 rings (SSSR count). The normalized spacial score (nSPS) is 17.1. The standard InChI is InChI=1S/C32H29FN4O2S/c1-36-14-12-20(13-15-36)19-6-8-21(9-7-19)28-16-22-18-37(32(39)30(22)40-28)29(24-17-23(33)10-11-27(24)38)31-34-25-4-2-3-5-26(25)35-31/h2-11,16-17,20,29,38H,12-15,18H2,1H3,(H,34,35). The Morgan fingerprint density at radius 2 is 1.82 bits per heavy atom. The molecule has 2 aliphatic heterocycles. The number of phenolic OH excluding ortho intramolecular Hbond substituents is 1. The number of halogens is 1. The van der Waals surface area contributed by atoms with Gasteiger partial charge in [0, 0.05) is 17.0 Å². The maximum atomic E-state index is 14.4. The maximum Gasteiger partial charge on any atom is 0.265 e. The minimum absolute atomic E-state index is 0.0831. The molecule has 1 amide bonds. The molecule has 1 unspecified atom stereocenters. The Morgan fingerprint density at radius 3 is 2.58 bits per heavy atom. The molecule has 0 aliphatic carbocycles. The molecule has 0 bridgehead atoms. The van der Waals surface area contributed by atoms with Crippen molar-refractivity contribution in [2.75, 3.05) is 20.1 Å². The molecule has 0 spiro atoms. The number of piperidine rings is 1. The summed E-state index contributed by atoms with van der Waals surface area (Å²) in [5, 5.41) is 10.7. The van der Waals surface area contributed by atoms with Crippen LogP contribution < -0.4 is 0 Å². The van der Waals surface area contributed by atoms with Crippen LogP contribution in [0.5, 0.6) is 5.75 Å². The van der Waals surface area contributed by atoms with E-state index in [4.69, 9.17) is 4.98 Å². The minimum Gasteiger partial charge on any atom is -0.508 e. The summed E-state index contributed by atoms with van der Waals surface area (Å²) < 4.78 is 14.4. The van der Waals surface area contributed by atoms with Crippen LogP contribution in [0.2, 0.25) is 0 Å². The van der Waals surface area contributed by atoms with Gasteiger partial charge in [0.2, 0.25) is 0 Å². The van der Waals surface area contributed by atoms with Crippen molar-refractivity contribution in [2.24, 2.45) is 0 Å². The Hall–Kier alpha value is -4.01. The number of aromatic hydroxyl groups is 1. The number of H-pyrrole nitrogens is 1. The van der Waals surface area contributed by atoms with Crippen molar-refractivity contribution >= 4 is 28.3 Å². The molecule has 202 valence electrons. The van der Waals surface area contributed by atoms with Crippen LogP contribution in [0.4, 0.5) is 4.39 Å². The molecule has 2 aromatic heterocycles.